The van der Waals surface area contributed by atoms with Gasteiger partial charge < -0.3 is 18.3 Å². The van der Waals surface area contributed by atoms with Crippen LogP contribution in [0.3, 0.4) is 0 Å². The molecule has 0 saturated carbocycles. The average molecular weight is 824 g/mol. The van der Waals surface area contributed by atoms with Crippen LogP contribution in [0.15, 0.2) is 47.6 Å². The summed E-state index contributed by atoms with van der Waals surface area (Å²) >= 11 is 0. The normalized spacial score (nSPS) is 14.8. The number of nitrogens with zero attached hydrogens (tertiary/aromatic N) is 5. The molecule has 0 aliphatic heterocycles. The molecule has 1 heterocycles. The zero-order valence-corrected chi connectivity index (χ0v) is 39.2. The molecule has 0 aliphatic rings. The first-order valence-corrected chi connectivity index (χ1v) is 26.6. The van der Waals surface area contributed by atoms with Crippen LogP contribution in [0.4, 0.5) is 9.59 Å². The Morgan fingerprint density at radius 2 is 1.31 bits per heavy atom. The van der Waals surface area contributed by atoms with Gasteiger partial charge in [0.1, 0.15) is 11.2 Å². The molecular weight excluding hydrogens is 755 g/mol. The van der Waals surface area contributed by atoms with Crippen LogP contribution in [0.5, 0.6) is 0 Å². The predicted molar refractivity (Wildman–Crippen MR) is 222 cm³/mol. The van der Waals surface area contributed by atoms with Crippen molar-refractivity contribution in [2.45, 2.75) is 174 Å². The first-order valence-electron chi connectivity index (χ1n) is 19.2. The summed E-state index contributed by atoms with van der Waals surface area (Å²) in [6, 6.07) is 8.91. The van der Waals surface area contributed by atoms with Crippen molar-refractivity contribution in [2.24, 2.45) is 0 Å². The van der Waals surface area contributed by atoms with Gasteiger partial charge >= 0.3 is 12.2 Å². The second-order valence-electron chi connectivity index (χ2n) is 19.2. The molecule has 0 fully saturated rings. The summed E-state index contributed by atoms with van der Waals surface area (Å²) in [4.78, 5) is 27.3. The standard InChI is InChI=1S/C39H69N5O8SSi2/c1-36(2,3)49-34(45)43(35(46)50-37(4,5)6)28-21-26-31(51-54(13,14)38(7,8)9)24-20-25-32(52-55(15,16)39(10,11)12)27-29-53(47,48)33-40-41-42-44(33)30-22-18-17-19-23-30/h17-20,22-23,25,31-32H,21,24,26-29H2,1-16H3/b25-20+/t31-,32+/m0/s1. The maximum Gasteiger partial charge on any atom is 0.419 e. The lowest BCUT2D eigenvalue weighted by Crippen LogP contribution is -2.45. The Kier molecular flexibility index (Phi) is 16.3. The van der Waals surface area contributed by atoms with E-state index in [-0.39, 0.29) is 40.1 Å². The summed E-state index contributed by atoms with van der Waals surface area (Å²) in [5, 5.41) is 11.1. The molecule has 2 amide bonds. The lowest BCUT2D eigenvalue weighted by Gasteiger charge is -2.39. The van der Waals surface area contributed by atoms with Gasteiger partial charge in [-0.15, -0.1) is 0 Å². The van der Waals surface area contributed by atoms with Gasteiger partial charge in [0.15, 0.2) is 16.6 Å². The van der Waals surface area contributed by atoms with Crippen LogP contribution < -0.4 is 0 Å². The number of sulfone groups is 1. The SMILES string of the molecule is CC(C)(C)OC(=O)N(CCC[C@H](C/C=C/[C@H](CCS(=O)(=O)c1nnnn1-c1ccccc1)O[Si](C)(C)C(C)(C)C)O[Si](C)(C)C(C)(C)C)C(=O)OC(C)(C)C. The molecule has 1 aromatic carbocycles. The maximum absolute atomic E-state index is 13.7. The first kappa shape index (κ1) is 48.2. The van der Waals surface area contributed by atoms with Gasteiger partial charge in [0.05, 0.1) is 17.5 Å². The van der Waals surface area contributed by atoms with E-state index in [9.17, 15) is 18.0 Å². The highest BCUT2D eigenvalue weighted by atomic mass is 32.2. The Labute approximate surface area is 333 Å². The monoisotopic (exact) mass is 823 g/mol. The summed E-state index contributed by atoms with van der Waals surface area (Å²) < 4.78 is 53.4. The fourth-order valence-electron chi connectivity index (χ4n) is 4.79. The molecule has 0 unspecified atom stereocenters. The highest BCUT2D eigenvalue weighted by molar-refractivity contribution is 7.91. The van der Waals surface area contributed by atoms with Crippen molar-refractivity contribution >= 4 is 38.7 Å². The smallest absolute Gasteiger partial charge is 0.419 e. The third kappa shape index (κ3) is 15.5. The Bertz CT molecular complexity index is 1660. The molecule has 0 saturated heterocycles. The van der Waals surface area contributed by atoms with Crippen LogP contribution in [0, 0.1) is 0 Å². The van der Waals surface area contributed by atoms with Crippen LogP contribution in [0.2, 0.25) is 36.3 Å². The van der Waals surface area contributed by atoms with E-state index in [0.29, 0.717) is 24.9 Å². The molecule has 2 aromatic rings. The molecule has 2 atom stereocenters. The van der Waals surface area contributed by atoms with E-state index in [1.807, 2.05) is 18.2 Å². The number of aromatic nitrogens is 4. The quantitative estimate of drug-likeness (QED) is 0.118. The molecule has 2 rings (SSSR count). The molecule has 16 heteroatoms. The third-order valence-corrected chi connectivity index (χ3v) is 20.4. The van der Waals surface area contributed by atoms with Gasteiger partial charge in [-0.25, -0.2) is 22.9 Å². The highest BCUT2D eigenvalue weighted by Crippen LogP contribution is 2.39. The van der Waals surface area contributed by atoms with Crippen LogP contribution >= 0.6 is 0 Å². The molecule has 0 N–H and O–H groups in total. The summed E-state index contributed by atoms with van der Waals surface area (Å²) in [7, 11) is -8.48. The van der Waals surface area contributed by atoms with Gasteiger partial charge in [-0.2, -0.15) is 4.68 Å². The van der Waals surface area contributed by atoms with Crippen LogP contribution in [0.1, 0.15) is 109 Å². The number of tetrazole rings is 1. The Hall–Kier alpha value is -2.93. The summed E-state index contributed by atoms with van der Waals surface area (Å²) in [6.45, 7) is 32.2. The number of hydrogen-bond donors (Lipinski definition) is 0. The lowest BCUT2D eigenvalue weighted by molar-refractivity contribution is 0.000578. The molecule has 0 bridgehead atoms. The number of benzene rings is 1. The van der Waals surface area contributed by atoms with E-state index < -0.39 is 56.0 Å². The van der Waals surface area contributed by atoms with Gasteiger partial charge in [0.2, 0.25) is 9.84 Å². The number of ether oxygens (including phenoxy) is 2. The van der Waals surface area contributed by atoms with Gasteiger partial charge in [-0.05, 0) is 126 Å². The van der Waals surface area contributed by atoms with Crippen molar-refractivity contribution in [3.8, 4) is 5.69 Å². The van der Waals surface area contributed by atoms with Crippen LogP contribution in [-0.4, -0.2) is 98.1 Å². The number of para-hydroxylation sites is 1. The minimum atomic E-state index is -3.89. The number of hydrogen-bond acceptors (Lipinski definition) is 11. The predicted octanol–water partition coefficient (Wildman–Crippen LogP) is 9.51. The van der Waals surface area contributed by atoms with E-state index in [4.69, 9.17) is 18.3 Å². The topological polar surface area (TPSA) is 152 Å². The lowest BCUT2D eigenvalue weighted by atomic mass is 10.1. The van der Waals surface area contributed by atoms with Gasteiger partial charge in [-0.3, -0.25) is 0 Å². The number of carbonyl (C=O) groups excluding carboxylic acids is 2. The summed E-state index contributed by atoms with van der Waals surface area (Å²) in [6.07, 6.45) is 3.39. The minimum Gasteiger partial charge on any atom is -0.443 e. The Morgan fingerprint density at radius 1 is 0.800 bits per heavy atom. The molecule has 55 heavy (non-hydrogen) atoms. The van der Waals surface area contributed by atoms with E-state index in [0.717, 1.165) is 4.90 Å². The third-order valence-electron chi connectivity index (χ3n) is 9.80. The molecular formula is C39H69N5O8SSi2. The number of imide groups is 1. The molecule has 0 spiro atoms. The van der Waals surface area contributed by atoms with Gasteiger partial charge in [0, 0.05) is 12.6 Å². The number of amides is 2. The van der Waals surface area contributed by atoms with Gasteiger partial charge in [-0.1, -0.05) is 77.0 Å². The van der Waals surface area contributed by atoms with Crippen molar-refractivity contribution < 1.29 is 36.3 Å². The van der Waals surface area contributed by atoms with Crippen molar-refractivity contribution in [3.05, 3.63) is 42.5 Å². The number of rotatable bonds is 16. The second kappa shape index (κ2) is 18.6. The number of carbonyl (C=O) groups is 2. The molecule has 1 aromatic heterocycles. The largest absolute Gasteiger partial charge is 0.443 e. The van der Waals surface area contributed by atoms with E-state index in [2.05, 4.69) is 83.3 Å². The second-order valence-corrected chi connectivity index (χ2v) is 30.7. The first-order chi connectivity index (χ1) is 24.9. The van der Waals surface area contributed by atoms with Crippen molar-refractivity contribution in [3.63, 3.8) is 0 Å². The van der Waals surface area contributed by atoms with Crippen LogP contribution in [-0.2, 0) is 28.2 Å². The Morgan fingerprint density at radius 3 is 1.80 bits per heavy atom. The Balaban J connectivity index is 2.38. The zero-order valence-electron chi connectivity index (χ0n) is 36.3. The van der Waals surface area contributed by atoms with Crippen molar-refractivity contribution in [1.29, 1.82) is 0 Å². The van der Waals surface area contributed by atoms with E-state index >= 15 is 0 Å². The fraction of sp³-hybridized carbons (Fsp3) is 0.718. The average Bonchev–Trinajstić information content (AvgIpc) is 3.50. The van der Waals surface area contributed by atoms with Crippen LogP contribution in [0.25, 0.3) is 5.69 Å². The highest BCUT2D eigenvalue weighted by Gasteiger charge is 2.41. The molecule has 13 nitrogen and oxygen atoms in total. The summed E-state index contributed by atoms with van der Waals surface area (Å²) in [5.74, 6) is -0.223. The molecule has 0 aliphatic carbocycles. The van der Waals surface area contributed by atoms with Crippen molar-refractivity contribution in [2.75, 3.05) is 12.3 Å². The zero-order chi connectivity index (χ0) is 42.3. The maximum atomic E-state index is 13.7. The minimum absolute atomic E-state index is 0.0640. The van der Waals surface area contributed by atoms with E-state index in [1.165, 1.54) is 4.68 Å². The molecule has 0 radical (unpaired) electrons. The van der Waals surface area contributed by atoms with E-state index in [1.54, 1.807) is 65.8 Å². The van der Waals surface area contributed by atoms with Gasteiger partial charge in [0.25, 0.3) is 5.16 Å². The fourth-order valence-corrected chi connectivity index (χ4v) is 8.78. The summed E-state index contributed by atoms with van der Waals surface area (Å²) in [5.41, 5.74) is -1.04. The van der Waals surface area contributed by atoms with Crippen molar-refractivity contribution in [1.82, 2.24) is 25.1 Å². The molecule has 312 valence electrons.